The number of carbonyl (C=O) groups is 2. The molecule has 0 aliphatic carbocycles. The number of amides is 2. The van der Waals surface area contributed by atoms with Crippen molar-refractivity contribution in [1.29, 1.82) is 0 Å². The van der Waals surface area contributed by atoms with Crippen molar-refractivity contribution < 1.29 is 18.4 Å². The second-order valence-electron chi connectivity index (χ2n) is 6.62. The highest BCUT2D eigenvalue weighted by atomic mass is 19.2. The van der Waals surface area contributed by atoms with Crippen molar-refractivity contribution >= 4 is 11.8 Å². The smallest absolute Gasteiger partial charge is 0.225 e. The Bertz CT molecular complexity index is 852. The Kier molecular flexibility index (Phi) is 5.53. The van der Waals surface area contributed by atoms with Crippen molar-refractivity contribution in [1.82, 2.24) is 20.0 Å². The number of halogens is 2. The molecule has 1 aliphatic rings. The molecule has 0 radical (unpaired) electrons. The third-order valence-electron chi connectivity index (χ3n) is 5.00. The van der Waals surface area contributed by atoms with E-state index in [0.29, 0.717) is 24.9 Å². The number of aromatic nitrogens is 2. The van der Waals surface area contributed by atoms with Gasteiger partial charge >= 0.3 is 0 Å². The fraction of sp³-hybridized carbons (Fsp3) is 0.421. The third kappa shape index (κ3) is 3.84. The lowest BCUT2D eigenvalue weighted by atomic mass is 9.85. The summed E-state index contributed by atoms with van der Waals surface area (Å²) in [4.78, 5) is 26.9. The number of hydrogen-bond donors (Lipinski definition) is 1. The highest BCUT2D eigenvalue weighted by Crippen LogP contribution is 2.36. The van der Waals surface area contributed by atoms with Gasteiger partial charge in [-0.2, -0.15) is 5.10 Å². The van der Waals surface area contributed by atoms with Gasteiger partial charge in [-0.15, -0.1) is 0 Å². The number of likely N-dealkylation sites (tertiary alicyclic amines) is 1. The van der Waals surface area contributed by atoms with Gasteiger partial charge in [0, 0.05) is 32.8 Å². The average molecular weight is 376 g/mol. The zero-order valence-corrected chi connectivity index (χ0v) is 15.3. The summed E-state index contributed by atoms with van der Waals surface area (Å²) in [6.07, 6.45) is 2.36. The minimum atomic E-state index is -0.949. The standard InChI is InChI=1S/C19H22F2N4O2/c1-3-25-17(26)7-5-13(18(25)16-8-9-23-24(16)2)19(27)22-11-12-4-6-14(20)15(21)10-12/h4,6,8-10,13,18H,3,5,7,11H2,1-2H3,(H,22,27)/t13-,18-/m0/s1. The topological polar surface area (TPSA) is 67.2 Å². The van der Waals surface area contributed by atoms with E-state index in [0.717, 1.165) is 17.8 Å². The van der Waals surface area contributed by atoms with Gasteiger partial charge in [-0.05, 0) is 37.1 Å². The molecule has 1 aromatic carbocycles. The zero-order chi connectivity index (χ0) is 19.6. The van der Waals surface area contributed by atoms with Crippen LogP contribution in [0.4, 0.5) is 8.78 Å². The molecular weight excluding hydrogens is 354 g/mol. The van der Waals surface area contributed by atoms with E-state index in [1.807, 2.05) is 13.0 Å². The van der Waals surface area contributed by atoms with Crippen LogP contribution in [0, 0.1) is 17.6 Å². The summed E-state index contributed by atoms with van der Waals surface area (Å²) in [6.45, 7) is 2.45. The number of aryl methyl sites for hydroxylation is 1. The maximum absolute atomic E-state index is 13.3. The summed E-state index contributed by atoms with van der Waals surface area (Å²) in [7, 11) is 1.78. The van der Waals surface area contributed by atoms with Crippen LogP contribution in [0.25, 0.3) is 0 Å². The van der Waals surface area contributed by atoms with Gasteiger partial charge in [-0.1, -0.05) is 6.07 Å². The summed E-state index contributed by atoms with van der Waals surface area (Å²) >= 11 is 0. The van der Waals surface area contributed by atoms with Crippen molar-refractivity contribution in [2.75, 3.05) is 6.54 Å². The molecule has 0 bridgehead atoms. The van der Waals surface area contributed by atoms with Crippen LogP contribution < -0.4 is 5.32 Å². The number of nitrogens with one attached hydrogen (secondary N) is 1. The van der Waals surface area contributed by atoms with E-state index in [-0.39, 0.29) is 18.4 Å². The molecule has 0 unspecified atom stereocenters. The molecule has 1 N–H and O–H groups in total. The Morgan fingerprint density at radius 3 is 2.70 bits per heavy atom. The van der Waals surface area contributed by atoms with Crippen molar-refractivity contribution in [3.63, 3.8) is 0 Å². The van der Waals surface area contributed by atoms with E-state index in [9.17, 15) is 18.4 Å². The fourth-order valence-electron chi connectivity index (χ4n) is 3.61. The van der Waals surface area contributed by atoms with E-state index in [4.69, 9.17) is 0 Å². The molecule has 2 atom stereocenters. The molecule has 1 aliphatic heterocycles. The van der Waals surface area contributed by atoms with Gasteiger partial charge in [-0.3, -0.25) is 14.3 Å². The number of rotatable bonds is 5. The maximum atomic E-state index is 13.3. The van der Waals surface area contributed by atoms with Gasteiger partial charge in [0.2, 0.25) is 11.8 Å². The minimum Gasteiger partial charge on any atom is -0.352 e. The molecule has 8 heteroatoms. The maximum Gasteiger partial charge on any atom is 0.225 e. The van der Waals surface area contributed by atoms with Crippen LogP contribution in [-0.2, 0) is 23.2 Å². The van der Waals surface area contributed by atoms with E-state index in [1.165, 1.54) is 6.07 Å². The largest absolute Gasteiger partial charge is 0.352 e. The van der Waals surface area contributed by atoms with E-state index >= 15 is 0 Å². The quantitative estimate of drug-likeness (QED) is 0.871. The zero-order valence-electron chi connectivity index (χ0n) is 15.3. The predicted octanol–water partition coefficient (Wildman–Crippen LogP) is 2.31. The van der Waals surface area contributed by atoms with Crippen LogP contribution in [0.5, 0.6) is 0 Å². The summed E-state index contributed by atoms with van der Waals surface area (Å²) in [5.74, 6) is -2.53. The molecule has 2 amide bonds. The average Bonchev–Trinajstić information content (AvgIpc) is 3.07. The van der Waals surface area contributed by atoms with Gasteiger partial charge in [0.1, 0.15) is 0 Å². The second kappa shape index (κ2) is 7.85. The van der Waals surface area contributed by atoms with Crippen LogP contribution in [0.2, 0.25) is 0 Å². The highest BCUT2D eigenvalue weighted by Gasteiger charge is 2.41. The van der Waals surface area contributed by atoms with Gasteiger partial charge in [0.05, 0.1) is 17.7 Å². The Morgan fingerprint density at radius 1 is 1.30 bits per heavy atom. The van der Waals surface area contributed by atoms with E-state index in [2.05, 4.69) is 10.4 Å². The summed E-state index contributed by atoms with van der Waals surface area (Å²) in [5, 5.41) is 6.95. The molecular formula is C19H22F2N4O2. The molecule has 1 fully saturated rings. The van der Waals surface area contributed by atoms with Gasteiger partial charge in [0.25, 0.3) is 0 Å². The van der Waals surface area contributed by atoms with Crippen LogP contribution >= 0.6 is 0 Å². The number of nitrogens with zero attached hydrogens (tertiary/aromatic N) is 3. The number of piperidine rings is 1. The molecule has 0 spiro atoms. The van der Waals surface area contributed by atoms with Crippen LogP contribution in [0.15, 0.2) is 30.5 Å². The molecule has 6 nitrogen and oxygen atoms in total. The Labute approximate surface area is 156 Å². The molecule has 0 saturated carbocycles. The normalized spacial score (nSPS) is 20.0. The van der Waals surface area contributed by atoms with E-state index < -0.39 is 23.6 Å². The molecule has 2 aromatic rings. The summed E-state index contributed by atoms with van der Waals surface area (Å²) in [5.41, 5.74) is 1.26. The molecule has 2 heterocycles. The Hall–Kier alpha value is -2.77. The van der Waals surface area contributed by atoms with Crippen LogP contribution in [0.1, 0.15) is 37.1 Å². The summed E-state index contributed by atoms with van der Waals surface area (Å²) < 4.78 is 28.1. The monoisotopic (exact) mass is 376 g/mol. The molecule has 1 saturated heterocycles. The first-order chi connectivity index (χ1) is 12.9. The molecule has 144 valence electrons. The SMILES string of the molecule is CCN1C(=O)CC[C@H](C(=O)NCc2ccc(F)c(F)c2)[C@H]1c1ccnn1C. The first-order valence-corrected chi connectivity index (χ1v) is 8.91. The molecule has 1 aromatic heterocycles. The molecule has 27 heavy (non-hydrogen) atoms. The number of benzene rings is 1. The second-order valence-corrected chi connectivity index (χ2v) is 6.62. The third-order valence-corrected chi connectivity index (χ3v) is 5.00. The van der Waals surface area contributed by atoms with Gasteiger partial charge < -0.3 is 10.2 Å². The van der Waals surface area contributed by atoms with Crippen LogP contribution in [0.3, 0.4) is 0 Å². The first-order valence-electron chi connectivity index (χ1n) is 8.91. The fourth-order valence-corrected chi connectivity index (χ4v) is 3.61. The van der Waals surface area contributed by atoms with Crippen LogP contribution in [-0.4, -0.2) is 33.0 Å². The Morgan fingerprint density at radius 2 is 2.07 bits per heavy atom. The predicted molar refractivity (Wildman–Crippen MR) is 94.3 cm³/mol. The number of hydrogen-bond acceptors (Lipinski definition) is 3. The number of carbonyl (C=O) groups excluding carboxylic acids is 2. The lowest BCUT2D eigenvalue weighted by molar-refractivity contribution is -0.143. The minimum absolute atomic E-state index is 0.00774. The van der Waals surface area contributed by atoms with Crippen molar-refractivity contribution in [3.8, 4) is 0 Å². The van der Waals surface area contributed by atoms with Crippen molar-refractivity contribution in [2.45, 2.75) is 32.4 Å². The van der Waals surface area contributed by atoms with Gasteiger partial charge in [0.15, 0.2) is 11.6 Å². The lowest BCUT2D eigenvalue weighted by Gasteiger charge is -2.40. The first kappa shape index (κ1) is 19.0. The van der Waals surface area contributed by atoms with Gasteiger partial charge in [-0.25, -0.2) is 8.78 Å². The summed E-state index contributed by atoms with van der Waals surface area (Å²) in [6, 6.07) is 4.93. The molecule has 3 rings (SSSR count). The van der Waals surface area contributed by atoms with Crippen molar-refractivity contribution in [2.24, 2.45) is 13.0 Å². The van der Waals surface area contributed by atoms with Crippen molar-refractivity contribution in [3.05, 3.63) is 53.4 Å². The lowest BCUT2D eigenvalue weighted by Crippen LogP contribution is -2.48. The Balaban J connectivity index is 1.79. The van der Waals surface area contributed by atoms with E-state index in [1.54, 1.807) is 22.8 Å². The highest BCUT2D eigenvalue weighted by molar-refractivity contribution is 5.84.